The largest absolute Gasteiger partial charge is 0.478 e. The van der Waals surface area contributed by atoms with Crippen LogP contribution in [0.2, 0.25) is 0 Å². The molecule has 0 aliphatic rings. The van der Waals surface area contributed by atoms with Crippen LogP contribution in [0.25, 0.3) is 0 Å². The van der Waals surface area contributed by atoms with Crippen LogP contribution in [0.15, 0.2) is 84.9 Å². The van der Waals surface area contributed by atoms with Crippen LogP contribution in [-0.4, -0.2) is 16.9 Å². The molecule has 0 saturated carbocycles. The Bertz CT molecular complexity index is 892. The summed E-state index contributed by atoms with van der Waals surface area (Å²) in [6, 6.07) is 25.2. The van der Waals surface area contributed by atoms with Gasteiger partial charge in [0.05, 0.1) is 11.6 Å². The maximum atomic E-state index is 12.7. The normalized spacial score (nSPS) is 11.5. The number of aromatic carboxylic acids is 1. The molecule has 0 amide bonds. The molecule has 0 aromatic heterocycles. The fourth-order valence-corrected chi connectivity index (χ4v) is 2.81. The number of hydrogen-bond donors (Lipinski definition) is 2. The summed E-state index contributed by atoms with van der Waals surface area (Å²) < 4.78 is 0. The Morgan fingerprint density at radius 1 is 0.808 bits per heavy atom. The van der Waals surface area contributed by atoms with Gasteiger partial charge in [-0.2, -0.15) is 0 Å². The zero-order chi connectivity index (χ0) is 18.4. The van der Waals surface area contributed by atoms with Gasteiger partial charge in [-0.3, -0.25) is 4.79 Å². The van der Waals surface area contributed by atoms with Crippen LogP contribution >= 0.6 is 0 Å². The molecule has 2 N–H and O–H groups in total. The van der Waals surface area contributed by atoms with Gasteiger partial charge in [0.25, 0.3) is 0 Å². The fraction of sp³-hybridized carbons (Fsp3) is 0.0909. The molecular formula is C22H19NO3. The first kappa shape index (κ1) is 17.4. The monoisotopic (exact) mass is 345 g/mol. The fourth-order valence-electron chi connectivity index (χ4n) is 2.81. The van der Waals surface area contributed by atoms with Crippen LogP contribution in [0.5, 0.6) is 0 Å². The number of rotatable bonds is 7. The number of hydrogen-bond acceptors (Lipinski definition) is 3. The average molecular weight is 345 g/mol. The van der Waals surface area contributed by atoms with Crippen molar-refractivity contribution >= 4 is 17.4 Å². The maximum Gasteiger partial charge on any atom is 0.335 e. The average Bonchev–Trinajstić information content (AvgIpc) is 2.69. The minimum Gasteiger partial charge on any atom is -0.478 e. The van der Waals surface area contributed by atoms with E-state index in [-0.39, 0.29) is 23.8 Å². The van der Waals surface area contributed by atoms with E-state index in [0.29, 0.717) is 11.3 Å². The minimum atomic E-state index is -0.981. The molecule has 0 aliphatic carbocycles. The quantitative estimate of drug-likeness (QED) is 0.603. The van der Waals surface area contributed by atoms with Crippen molar-refractivity contribution in [1.82, 2.24) is 0 Å². The summed E-state index contributed by atoms with van der Waals surface area (Å²) >= 11 is 0. The molecule has 0 fully saturated rings. The van der Waals surface area contributed by atoms with Gasteiger partial charge < -0.3 is 10.4 Å². The predicted molar refractivity (Wildman–Crippen MR) is 102 cm³/mol. The second-order valence-corrected chi connectivity index (χ2v) is 5.99. The molecule has 4 nitrogen and oxygen atoms in total. The number of carboxylic acid groups (broad SMARTS) is 1. The van der Waals surface area contributed by atoms with Crippen LogP contribution in [-0.2, 0) is 0 Å². The third-order valence-corrected chi connectivity index (χ3v) is 4.14. The van der Waals surface area contributed by atoms with Crippen molar-refractivity contribution in [3.63, 3.8) is 0 Å². The van der Waals surface area contributed by atoms with E-state index in [1.807, 2.05) is 48.5 Å². The lowest BCUT2D eigenvalue weighted by Gasteiger charge is -2.20. The molecule has 1 atom stereocenters. The Morgan fingerprint density at radius 3 is 2.08 bits per heavy atom. The lowest BCUT2D eigenvalue weighted by atomic mass is 9.97. The van der Waals surface area contributed by atoms with Gasteiger partial charge in [0.15, 0.2) is 5.78 Å². The summed E-state index contributed by atoms with van der Waals surface area (Å²) in [4.78, 5) is 23.8. The van der Waals surface area contributed by atoms with Crippen molar-refractivity contribution in [3.8, 4) is 0 Å². The van der Waals surface area contributed by atoms with Gasteiger partial charge in [-0.25, -0.2) is 4.79 Å². The molecule has 0 aliphatic heterocycles. The van der Waals surface area contributed by atoms with Crippen LogP contribution < -0.4 is 5.32 Å². The molecule has 0 heterocycles. The van der Waals surface area contributed by atoms with Gasteiger partial charge in [0, 0.05) is 17.7 Å². The van der Waals surface area contributed by atoms with Gasteiger partial charge in [0.1, 0.15) is 0 Å². The van der Waals surface area contributed by atoms with Gasteiger partial charge in [-0.15, -0.1) is 0 Å². The van der Waals surface area contributed by atoms with E-state index in [4.69, 9.17) is 0 Å². The highest BCUT2D eigenvalue weighted by molar-refractivity contribution is 5.96. The highest BCUT2D eigenvalue weighted by Gasteiger charge is 2.17. The van der Waals surface area contributed by atoms with Crippen molar-refractivity contribution < 1.29 is 14.7 Å². The summed E-state index contributed by atoms with van der Waals surface area (Å²) in [5.74, 6) is -0.952. The summed E-state index contributed by atoms with van der Waals surface area (Å²) in [6.45, 7) is 0. The Kier molecular flexibility index (Phi) is 5.44. The molecule has 3 rings (SSSR count). The number of anilines is 1. The third kappa shape index (κ3) is 4.36. The zero-order valence-electron chi connectivity index (χ0n) is 14.1. The van der Waals surface area contributed by atoms with E-state index in [2.05, 4.69) is 5.32 Å². The lowest BCUT2D eigenvalue weighted by Crippen LogP contribution is -2.16. The number of ketones is 1. The molecule has 0 radical (unpaired) electrons. The van der Waals surface area contributed by atoms with Gasteiger partial charge in [0.2, 0.25) is 0 Å². The first-order valence-electron chi connectivity index (χ1n) is 8.36. The number of Topliss-reactive ketones (excluding diaryl/α,β-unsaturated/α-hetero) is 1. The predicted octanol–water partition coefficient (Wildman–Crippen LogP) is 4.81. The van der Waals surface area contributed by atoms with Gasteiger partial charge >= 0.3 is 5.97 Å². The maximum absolute atomic E-state index is 12.7. The summed E-state index contributed by atoms with van der Waals surface area (Å²) in [7, 11) is 0. The Hall–Kier alpha value is -3.40. The number of carbonyl (C=O) groups excluding carboxylic acids is 1. The second kappa shape index (κ2) is 8.12. The molecule has 0 bridgehead atoms. The molecule has 0 saturated heterocycles. The van der Waals surface area contributed by atoms with Crippen LogP contribution in [0.3, 0.4) is 0 Å². The molecule has 1 unspecified atom stereocenters. The minimum absolute atomic E-state index is 0.0290. The van der Waals surface area contributed by atoms with Crippen molar-refractivity contribution in [2.24, 2.45) is 0 Å². The molecular weight excluding hydrogens is 326 g/mol. The molecule has 3 aromatic carbocycles. The van der Waals surface area contributed by atoms with Gasteiger partial charge in [-0.05, 0) is 23.8 Å². The molecule has 0 spiro atoms. The lowest BCUT2D eigenvalue weighted by molar-refractivity contribution is 0.0696. The van der Waals surface area contributed by atoms with Crippen molar-refractivity contribution in [2.45, 2.75) is 12.5 Å². The van der Waals surface area contributed by atoms with Crippen molar-refractivity contribution in [1.29, 1.82) is 0 Å². The van der Waals surface area contributed by atoms with E-state index >= 15 is 0 Å². The summed E-state index contributed by atoms with van der Waals surface area (Å²) in [5.41, 5.74) is 2.50. The first-order valence-corrected chi connectivity index (χ1v) is 8.36. The second-order valence-electron chi connectivity index (χ2n) is 5.99. The molecule has 4 heteroatoms. The molecule has 26 heavy (non-hydrogen) atoms. The van der Waals surface area contributed by atoms with E-state index in [1.54, 1.807) is 36.4 Å². The van der Waals surface area contributed by atoms with Crippen molar-refractivity contribution in [3.05, 3.63) is 102 Å². The first-order chi connectivity index (χ1) is 12.6. The Labute approximate surface area is 152 Å². The Morgan fingerprint density at radius 2 is 1.42 bits per heavy atom. The summed E-state index contributed by atoms with van der Waals surface area (Å²) in [6.07, 6.45) is 0.269. The standard InChI is InChI=1S/C22H19NO3/c24-21(17-10-5-2-6-11-17)15-20(16-8-3-1-4-9-16)23-19-13-7-12-18(14-19)22(25)26/h1-14,20,23H,15H2,(H,25,26). The molecule has 130 valence electrons. The van der Waals surface area contributed by atoms with E-state index in [9.17, 15) is 14.7 Å². The summed E-state index contributed by atoms with van der Waals surface area (Å²) in [5, 5.41) is 12.5. The number of carbonyl (C=O) groups is 2. The third-order valence-electron chi connectivity index (χ3n) is 4.14. The Balaban J connectivity index is 1.86. The number of benzene rings is 3. The highest BCUT2D eigenvalue weighted by atomic mass is 16.4. The zero-order valence-corrected chi connectivity index (χ0v) is 14.1. The molecule has 3 aromatic rings. The topological polar surface area (TPSA) is 66.4 Å². The van der Waals surface area contributed by atoms with E-state index < -0.39 is 5.97 Å². The van der Waals surface area contributed by atoms with Crippen LogP contribution in [0.1, 0.15) is 38.7 Å². The van der Waals surface area contributed by atoms with Crippen LogP contribution in [0.4, 0.5) is 5.69 Å². The number of nitrogens with one attached hydrogen (secondary N) is 1. The van der Waals surface area contributed by atoms with E-state index in [1.165, 1.54) is 0 Å². The SMILES string of the molecule is O=C(O)c1cccc(NC(CC(=O)c2ccccc2)c2ccccc2)c1. The van der Waals surface area contributed by atoms with Gasteiger partial charge in [-0.1, -0.05) is 66.7 Å². The smallest absolute Gasteiger partial charge is 0.335 e. The van der Waals surface area contributed by atoms with Crippen LogP contribution in [0, 0.1) is 0 Å². The highest BCUT2D eigenvalue weighted by Crippen LogP contribution is 2.25. The van der Waals surface area contributed by atoms with Crippen molar-refractivity contribution in [2.75, 3.05) is 5.32 Å². The number of carboxylic acids is 1. The van der Waals surface area contributed by atoms with E-state index in [0.717, 1.165) is 5.56 Å².